The normalized spacial score (nSPS) is 10.2. The molecule has 0 aliphatic heterocycles. The molecule has 0 atom stereocenters. The third kappa shape index (κ3) is 4.67. The predicted octanol–water partition coefficient (Wildman–Crippen LogP) is 1.69. The number of pyridine rings is 1. The lowest BCUT2D eigenvalue weighted by Crippen LogP contribution is -2.27. The van der Waals surface area contributed by atoms with E-state index in [4.69, 9.17) is 9.47 Å². The highest BCUT2D eigenvalue weighted by Gasteiger charge is 2.14. The summed E-state index contributed by atoms with van der Waals surface area (Å²) in [5.74, 6) is -0.0206. The first-order valence-corrected chi connectivity index (χ1v) is 7.16. The van der Waals surface area contributed by atoms with Gasteiger partial charge < -0.3 is 9.47 Å². The molecule has 1 heterocycles. The van der Waals surface area contributed by atoms with Crippen LogP contribution in [0.4, 0.5) is 5.69 Å². The number of nitro groups is 1. The van der Waals surface area contributed by atoms with Crippen LogP contribution in [0, 0.1) is 17.0 Å². The van der Waals surface area contributed by atoms with Crippen LogP contribution in [0.5, 0.6) is 5.75 Å². The van der Waals surface area contributed by atoms with Gasteiger partial charge in [-0.1, -0.05) is 18.2 Å². The van der Waals surface area contributed by atoms with Crippen molar-refractivity contribution in [3.8, 4) is 5.75 Å². The highest BCUT2D eigenvalue weighted by molar-refractivity contribution is 5.69. The third-order valence-electron chi connectivity index (χ3n) is 3.12. The summed E-state index contributed by atoms with van der Waals surface area (Å²) in [6.45, 7) is 1.23. The fraction of sp³-hybridized carbons (Fsp3) is 0.250. The van der Waals surface area contributed by atoms with Gasteiger partial charge in [0.15, 0.2) is 0 Å². The summed E-state index contributed by atoms with van der Waals surface area (Å²) in [6.07, 6.45) is 1.02. The van der Waals surface area contributed by atoms with Crippen LogP contribution in [0.2, 0.25) is 0 Å². The third-order valence-corrected chi connectivity index (χ3v) is 3.12. The van der Waals surface area contributed by atoms with E-state index in [0.29, 0.717) is 5.75 Å². The molecule has 0 fully saturated rings. The molecule has 24 heavy (non-hydrogen) atoms. The van der Waals surface area contributed by atoms with E-state index in [2.05, 4.69) is 0 Å². The Kier molecular flexibility index (Phi) is 5.67. The molecule has 0 unspecified atom stereocenters. The van der Waals surface area contributed by atoms with Crippen LogP contribution >= 0.6 is 0 Å². The Morgan fingerprint density at radius 2 is 1.96 bits per heavy atom. The van der Waals surface area contributed by atoms with Gasteiger partial charge in [-0.25, -0.2) is 0 Å². The van der Waals surface area contributed by atoms with E-state index in [1.807, 2.05) is 18.2 Å². The largest absolute Gasteiger partial charge is 0.490 e. The molecule has 1 aromatic heterocycles. The van der Waals surface area contributed by atoms with Crippen molar-refractivity contribution in [2.75, 3.05) is 13.2 Å². The molecular weight excluding hydrogens is 316 g/mol. The van der Waals surface area contributed by atoms with Crippen LogP contribution in [0.25, 0.3) is 0 Å². The van der Waals surface area contributed by atoms with Gasteiger partial charge in [-0.15, -0.1) is 0 Å². The average molecular weight is 332 g/mol. The molecule has 2 aromatic rings. The number of ether oxygens (including phenoxy) is 2. The van der Waals surface area contributed by atoms with Crippen molar-refractivity contribution < 1.29 is 19.2 Å². The van der Waals surface area contributed by atoms with Crippen molar-refractivity contribution in [2.24, 2.45) is 0 Å². The zero-order valence-electron chi connectivity index (χ0n) is 13.0. The molecule has 0 amide bonds. The van der Waals surface area contributed by atoms with Crippen molar-refractivity contribution in [3.63, 3.8) is 0 Å². The number of carbonyl (C=O) groups is 1. The fourth-order valence-corrected chi connectivity index (χ4v) is 2.00. The van der Waals surface area contributed by atoms with E-state index in [-0.39, 0.29) is 24.5 Å². The molecule has 2 rings (SSSR count). The van der Waals surface area contributed by atoms with E-state index in [9.17, 15) is 19.7 Å². The SMILES string of the molecule is Cc1cc([N+](=O)[O-])cn(CC(=O)OCCOc2ccccc2)c1=O. The zero-order valence-corrected chi connectivity index (χ0v) is 13.0. The molecule has 0 aliphatic rings. The molecule has 0 spiro atoms. The van der Waals surface area contributed by atoms with E-state index in [0.717, 1.165) is 16.8 Å². The van der Waals surface area contributed by atoms with Gasteiger partial charge in [-0.2, -0.15) is 0 Å². The van der Waals surface area contributed by atoms with E-state index in [1.165, 1.54) is 6.92 Å². The van der Waals surface area contributed by atoms with E-state index >= 15 is 0 Å². The fourth-order valence-electron chi connectivity index (χ4n) is 2.00. The smallest absolute Gasteiger partial charge is 0.326 e. The van der Waals surface area contributed by atoms with Crippen molar-refractivity contribution in [1.82, 2.24) is 4.57 Å². The molecule has 0 bridgehead atoms. The summed E-state index contributed by atoms with van der Waals surface area (Å²) < 4.78 is 11.3. The minimum atomic E-state index is -0.673. The van der Waals surface area contributed by atoms with E-state index < -0.39 is 23.0 Å². The van der Waals surface area contributed by atoms with Crippen LogP contribution in [0.1, 0.15) is 5.56 Å². The van der Waals surface area contributed by atoms with Crippen molar-refractivity contribution >= 4 is 11.7 Å². The molecule has 8 nitrogen and oxygen atoms in total. The van der Waals surface area contributed by atoms with Crippen molar-refractivity contribution in [3.05, 3.63) is 68.6 Å². The Balaban J connectivity index is 1.88. The summed E-state index contributed by atoms with van der Waals surface area (Å²) in [5, 5.41) is 10.8. The van der Waals surface area contributed by atoms with Crippen LogP contribution in [0.3, 0.4) is 0 Å². The maximum Gasteiger partial charge on any atom is 0.326 e. The quantitative estimate of drug-likeness (QED) is 0.331. The molecule has 0 radical (unpaired) electrons. The Morgan fingerprint density at radius 1 is 1.25 bits per heavy atom. The van der Waals surface area contributed by atoms with Crippen molar-refractivity contribution in [2.45, 2.75) is 13.5 Å². The number of aromatic nitrogens is 1. The number of aryl methyl sites for hydroxylation is 1. The van der Waals surface area contributed by atoms with Crippen LogP contribution < -0.4 is 10.3 Å². The molecule has 1 aromatic carbocycles. The second-order valence-corrected chi connectivity index (χ2v) is 4.95. The number of hydrogen-bond donors (Lipinski definition) is 0. The lowest BCUT2D eigenvalue weighted by atomic mass is 10.3. The Morgan fingerprint density at radius 3 is 2.62 bits per heavy atom. The second-order valence-electron chi connectivity index (χ2n) is 4.95. The number of esters is 1. The molecule has 0 saturated heterocycles. The van der Waals surface area contributed by atoms with E-state index in [1.54, 1.807) is 12.1 Å². The van der Waals surface area contributed by atoms with Gasteiger partial charge in [0.1, 0.15) is 25.5 Å². The standard InChI is InChI=1S/C16H16N2O6/c1-12-9-13(18(21)22)10-17(16(12)20)11-15(19)24-8-7-23-14-5-3-2-4-6-14/h2-6,9-10H,7-8,11H2,1H3. The summed E-state index contributed by atoms with van der Waals surface area (Å²) in [4.78, 5) is 33.8. The molecule has 8 heteroatoms. The highest BCUT2D eigenvalue weighted by atomic mass is 16.6. The Hall–Kier alpha value is -3.16. The minimum absolute atomic E-state index is 0.0103. The number of nitrogens with zero attached hydrogens (tertiary/aromatic N) is 2. The van der Waals surface area contributed by atoms with Gasteiger partial charge >= 0.3 is 5.97 Å². The lowest BCUT2D eigenvalue weighted by Gasteiger charge is -2.09. The first kappa shape index (κ1) is 17.2. The number of para-hydroxylation sites is 1. The van der Waals surface area contributed by atoms with Crippen LogP contribution in [-0.2, 0) is 16.1 Å². The zero-order chi connectivity index (χ0) is 17.5. The molecule has 0 N–H and O–H groups in total. The molecule has 0 aliphatic carbocycles. The maximum absolute atomic E-state index is 11.9. The minimum Gasteiger partial charge on any atom is -0.490 e. The number of carbonyl (C=O) groups excluding carboxylic acids is 1. The number of rotatable bonds is 7. The van der Waals surface area contributed by atoms with Gasteiger partial charge in [0.05, 0.1) is 11.1 Å². The Labute approximate surface area is 137 Å². The summed E-state index contributed by atoms with van der Waals surface area (Å²) in [6, 6.07) is 10.2. The van der Waals surface area contributed by atoms with Gasteiger partial charge in [-0.3, -0.25) is 24.3 Å². The second kappa shape index (κ2) is 7.91. The summed E-state index contributed by atoms with van der Waals surface area (Å²) in [5.41, 5.74) is -0.546. The summed E-state index contributed by atoms with van der Waals surface area (Å²) >= 11 is 0. The first-order chi connectivity index (χ1) is 11.5. The highest BCUT2D eigenvalue weighted by Crippen LogP contribution is 2.10. The van der Waals surface area contributed by atoms with Crippen LogP contribution in [-0.4, -0.2) is 28.7 Å². The first-order valence-electron chi connectivity index (χ1n) is 7.16. The summed E-state index contributed by atoms with van der Waals surface area (Å²) in [7, 11) is 0. The average Bonchev–Trinajstić information content (AvgIpc) is 2.56. The Bertz CT molecular complexity index is 785. The number of hydrogen-bond acceptors (Lipinski definition) is 6. The molecular formula is C16H16N2O6. The molecule has 126 valence electrons. The molecule has 0 saturated carbocycles. The predicted molar refractivity (Wildman–Crippen MR) is 85.0 cm³/mol. The monoisotopic (exact) mass is 332 g/mol. The van der Waals surface area contributed by atoms with Crippen molar-refractivity contribution in [1.29, 1.82) is 0 Å². The maximum atomic E-state index is 11.9. The van der Waals surface area contributed by atoms with Gasteiger partial charge in [0.25, 0.3) is 11.2 Å². The number of benzene rings is 1. The topological polar surface area (TPSA) is 101 Å². The van der Waals surface area contributed by atoms with Crippen LogP contribution in [0.15, 0.2) is 47.4 Å². The lowest BCUT2D eigenvalue weighted by molar-refractivity contribution is -0.385. The van der Waals surface area contributed by atoms with Gasteiger partial charge in [0.2, 0.25) is 0 Å². The van der Waals surface area contributed by atoms with Gasteiger partial charge in [-0.05, 0) is 19.1 Å². The van der Waals surface area contributed by atoms with Gasteiger partial charge in [0, 0.05) is 11.6 Å².